The molecule has 110 valence electrons. The Labute approximate surface area is 123 Å². The average molecular weight is 295 g/mol. The summed E-state index contributed by atoms with van der Waals surface area (Å²) in [4.78, 5) is 10.7. The third kappa shape index (κ3) is 3.17. The summed E-state index contributed by atoms with van der Waals surface area (Å²) in [5.41, 5.74) is 6.43. The highest BCUT2D eigenvalue weighted by molar-refractivity contribution is 8.00. The lowest BCUT2D eigenvalue weighted by molar-refractivity contribution is -0.383. The Balaban J connectivity index is 2.14. The zero-order valence-corrected chi connectivity index (χ0v) is 12.5. The van der Waals surface area contributed by atoms with E-state index in [0.717, 1.165) is 19.4 Å². The zero-order chi connectivity index (χ0) is 14.6. The number of rotatable bonds is 5. The molecule has 20 heavy (non-hydrogen) atoms. The number of para-hydroxylation sites is 1. The van der Waals surface area contributed by atoms with Crippen LogP contribution in [0.15, 0.2) is 18.2 Å². The van der Waals surface area contributed by atoms with Crippen molar-refractivity contribution in [3.63, 3.8) is 0 Å². The van der Waals surface area contributed by atoms with Gasteiger partial charge >= 0.3 is 5.69 Å². The number of nitrogens with zero attached hydrogens (tertiary/aromatic N) is 1. The van der Waals surface area contributed by atoms with Crippen molar-refractivity contribution in [2.24, 2.45) is 0 Å². The highest BCUT2D eigenvalue weighted by atomic mass is 32.2. The number of nitro groups is 1. The standard InChI is InChI=1S/C14H21N3O2S/c1-20-14(8-3-2-4-9-14)10-16-12-7-5-6-11(15)13(12)17(18)19/h5-7,16H,2-4,8-10,15H2,1H3. The minimum Gasteiger partial charge on any atom is -0.393 e. The van der Waals surface area contributed by atoms with Crippen LogP contribution in [-0.4, -0.2) is 22.5 Å². The molecule has 0 aliphatic heterocycles. The van der Waals surface area contributed by atoms with Crippen LogP contribution in [0.1, 0.15) is 32.1 Å². The van der Waals surface area contributed by atoms with Crippen LogP contribution in [-0.2, 0) is 0 Å². The van der Waals surface area contributed by atoms with E-state index in [1.807, 2.05) is 11.8 Å². The number of thioether (sulfide) groups is 1. The molecule has 0 bridgehead atoms. The molecule has 1 saturated carbocycles. The van der Waals surface area contributed by atoms with E-state index in [1.165, 1.54) is 19.3 Å². The number of anilines is 2. The average Bonchev–Trinajstić information content (AvgIpc) is 2.45. The lowest BCUT2D eigenvalue weighted by Crippen LogP contribution is -2.35. The van der Waals surface area contributed by atoms with Crippen LogP contribution in [0.4, 0.5) is 17.1 Å². The second-order valence-corrected chi connectivity index (χ2v) is 6.58. The fourth-order valence-electron chi connectivity index (χ4n) is 2.81. The summed E-state index contributed by atoms with van der Waals surface area (Å²) < 4.78 is 0.191. The van der Waals surface area contributed by atoms with Crippen molar-refractivity contribution in [3.8, 4) is 0 Å². The van der Waals surface area contributed by atoms with Gasteiger partial charge in [-0.05, 0) is 31.2 Å². The lowest BCUT2D eigenvalue weighted by atomic mass is 9.88. The number of nitrogens with one attached hydrogen (secondary N) is 1. The van der Waals surface area contributed by atoms with Gasteiger partial charge in [0.15, 0.2) is 0 Å². The fourth-order valence-corrected chi connectivity index (χ4v) is 3.73. The van der Waals surface area contributed by atoms with Crippen LogP contribution in [0.3, 0.4) is 0 Å². The maximum absolute atomic E-state index is 11.1. The summed E-state index contributed by atoms with van der Waals surface area (Å²) in [6.45, 7) is 0.748. The molecule has 0 radical (unpaired) electrons. The fraction of sp³-hybridized carbons (Fsp3) is 0.571. The second kappa shape index (κ2) is 6.35. The summed E-state index contributed by atoms with van der Waals surface area (Å²) >= 11 is 1.87. The van der Waals surface area contributed by atoms with Crippen molar-refractivity contribution < 1.29 is 4.92 Å². The Morgan fingerprint density at radius 3 is 2.70 bits per heavy atom. The largest absolute Gasteiger partial charge is 0.393 e. The zero-order valence-electron chi connectivity index (χ0n) is 11.7. The van der Waals surface area contributed by atoms with Gasteiger partial charge in [-0.15, -0.1) is 0 Å². The number of hydrogen-bond acceptors (Lipinski definition) is 5. The molecular weight excluding hydrogens is 274 g/mol. The molecule has 5 nitrogen and oxygen atoms in total. The molecule has 6 heteroatoms. The highest BCUT2D eigenvalue weighted by Crippen LogP contribution is 2.39. The van der Waals surface area contributed by atoms with Crippen LogP contribution in [0, 0.1) is 10.1 Å². The van der Waals surface area contributed by atoms with Crippen molar-refractivity contribution in [2.75, 3.05) is 23.9 Å². The number of benzene rings is 1. The minimum absolute atomic E-state index is 0.0143. The Hall–Kier alpha value is -1.43. The molecule has 0 unspecified atom stereocenters. The van der Waals surface area contributed by atoms with Crippen LogP contribution in [0.2, 0.25) is 0 Å². The molecule has 2 rings (SSSR count). The van der Waals surface area contributed by atoms with Gasteiger partial charge in [0, 0.05) is 11.3 Å². The van der Waals surface area contributed by atoms with Crippen LogP contribution < -0.4 is 11.1 Å². The van der Waals surface area contributed by atoms with E-state index in [-0.39, 0.29) is 16.1 Å². The Bertz CT molecular complexity index is 487. The van der Waals surface area contributed by atoms with Crippen LogP contribution in [0.5, 0.6) is 0 Å². The Morgan fingerprint density at radius 1 is 1.40 bits per heavy atom. The van der Waals surface area contributed by atoms with Crippen molar-refractivity contribution in [2.45, 2.75) is 36.9 Å². The van der Waals surface area contributed by atoms with E-state index in [9.17, 15) is 10.1 Å². The van der Waals surface area contributed by atoms with Gasteiger partial charge in [0.1, 0.15) is 11.4 Å². The molecule has 0 saturated heterocycles. The van der Waals surface area contributed by atoms with Crippen molar-refractivity contribution in [1.82, 2.24) is 0 Å². The Morgan fingerprint density at radius 2 is 2.10 bits per heavy atom. The van der Waals surface area contributed by atoms with E-state index in [1.54, 1.807) is 18.2 Å². The number of nitrogen functional groups attached to an aromatic ring is 1. The summed E-state index contributed by atoms with van der Waals surface area (Å²) in [5, 5.41) is 14.4. The molecule has 0 spiro atoms. The van der Waals surface area contributed by atoms with Crippen LogP contribution >= 0.6 is 11.8 Å². The molecule has 3 N–H and O–H groups in total. The number of hydrogen-bond donors (Lipinski definition) is 2. The minimum atomic E-state index is -0.412. The quantitative estimate of drug-likeness (QED) is 0.492. The van der Waals surface area contributed by atoms with Gasteiger partial charge in [0.25, 0.3) is 0 Å². The topological polar surface area (TPSA) is 81.2 Å². The van der Waals surface area contributed by atoms with Gasteiger partial charge < -0.3 is 11.1 Å². The maximum atomic E-state index is 11.1. The summed E-state index contributed by atoms with van der Waals surface area (Å²) in [5.74, 6) is 0. The molecule has 0 atom stereocenters. The first-order chi connectivity index (χ1) is 9.58. The summed E-state index contributed by atoms with van der Waals surface area (Å²) in [6, 6.07) is 5.04. The second-order valence-electron chi connectivity index (χ2n) is 5.30. The predicted octanol–water partition coefficient (Wildman–Crippen LogP) is 3.65. The summed E-state index contributed by atoms with van der Waals surface area (Å²) in [7, 11) is 0. The molecule has 1 aromatic rings. The molecule has 0 heterocycles. The molecule has 1 aliphatic rings. The normalized spacial score (nSPS) is 17.6. The molecule has 0 aromatic heterocycles. The molecule has 0 amide bonds. The van der Waals surface area contributed by atoms with E-state index in [4.69, 9.17) is 5.73 Å². The van der Waals surface area contributed by atoms with Gasteiger partial charge in [-0.25, -0.2) is 0 Å². The SMILES string of the molecule is CSC1(CNc2cccc(N)c2[N+](=O)[O-])CCCCC1. The predicted molar refractivity (Wildman–Crippen MR) is 85.3 cm³/mol. The first-order valence-electron chi connectivity index (χ1n) is 6.90. The van der Waals surface area contributed by atoms with Gasteiger partial charge in [-0.1, -0.05) is 25.3 Å². The van der Waals surface area contributed by atoms with Crippen molar-refractivity contribution in [3.05, 3.63) is 28.3 Å². The number of nitrogens with two attached hydrogens (primary N) is 1. The van der Waals surface area contributed by atoms with E-state index < -0.39 is 4.92 Å². The summed E-state index contributed by atoms with van der Waals surface area (Å²) in [6.07, 6.45) is 8.22. The molecule has 1 aliphatic carbocycles. The first kappa shape index (κ1) is 15.0. The molecule has 1 aromatic carbocycles. The van der Waals surface area contributed by atoms with Gasteiger partial charge in [0.2, 0.25) is 0 Å². The van der Waals surface area contributed by atoms with E-state index in [2.05, 4.69) is 11.6 Å². The van der Waals surface area contributed by atoms with Gasteiger partial charge in [-0.2, -0.15) is 11.8 Å². The van der Waals surface area contributed by atoms with Gasteiger partial charge in [-0.3, -0.25) is 10.1 Å². The smallest absolute Gasteiger partial charge is 0.314 e. The van der Waals surface area contributed by atoms with E-state index in [0.29, 0.717) is 5.69 Å². The lowest BCUT2D eigenvalue weighted by Gasteiger charge is -2.36. The third-order valence-electron chi connectivity index (χ3n) is 4.05. The maximum Gasteiger partial charge on any atom is 0.314 e. The van der Waals surface area contributed by atoms with Crippen LogP contribution in [0.25, 0.3) is 0 Å². The first-order valence-corrected chi connectivity index (χ1v) is 8.12. The number of nitro benzene ring substituents is 1. The molecular formula is C14H21N3O2S. The molecule has 1 fully saturated rings. The van der Waals surface area contributed by atoms with Crippen molar-refractivity contribution in [1.29, 1.82) is 0 Å². The van der Waals surface area contributed by atoms with Gasteiger partial charge in [0.05, 0.1) is 4.92 Å². The highest BCUT2D eigenvalue weighted by Gasteiger charge is 2.31. The Kier molecular flexibility index (Phi) is 4.75. The monoisotopic (exact) mass is 295 g/mol. The van der Waals surface area contributed by atoms with Crippen molar-refractivity contribution >= 4 is 28.8 Å². The van der Waals surface area contributed by atoms with E-state index >= 15 is 0 Å². The third-order valence-corrected chi connectivity index (χ3v) is 5.47.